The summed E-state index contributed by atoms with van der Waals surface area (Å²) in [7, 11) is 1.86. The normalized spacial score (nSPS) is 20.8. The van der Waals surface area contributed by atoms with Gasteiger partial charge in [-0.3, -0.25) is 9.48 Å². The third kappa shape index (κ3) is 2.49. The van der Waals surface area contributed by atoms with Crippen LogP contribution in [-0.2, 0) is 7.05 Å². The van der Waals surface area contributed by atoms with Crippen molar-refractivity contribution in [2.24, 2.45) is 13.0 Å². The number of amides is 1. The van der Waals surface area contributed by atoms with E-state index in [2.05, 4.69) is 5.10 Å². The topological polar surface area (TPSA) is 71.5 Å². The molecule has 0 radical (unpaired) electrons. The molecule has 1 saturated heterocycles. The molecule has 4 rings (SSSR count). The zero-order valence-electron chi connectivity index (χ0n) is 13.4. The molecule has 3 heterocycles. The van der Waals surface area contributed by atoms with Crippen LogP contribution in [0.5, 0.6) is 0 Å². The number of carbonyl (C=O) groups excluding carboxylic acids is 1. The maximum atomic E-state index is 12.8. The quantitative estimate of drug-likeness (QED) is 0.800. The van der Waals surface area contributed by atoms with E-state index in [0.29, 0.717) is 24.4 Å². The Balaban J connectivity index is 1.59. The fourth-order valence-electron chi connectivity index (χ4n) is 3.47. The van der Waals surface area contributed by atoms with Crippen LogP contribution in [0.1, 0.15) is 22.0 Å². The number of benzene rings is 1. The molecule has 24 heavy (non-hydrogen) atoms. The van der Waals surface area contributed by atoms with Gasteiger partial charge in [0, 0.05) is 50.2 Å². The zero-order chi connectivity index (χ0) is 16.7. The van der Waals surface area contributed by atoms with Gasteiger partial charge in [0.1, 0.15) is 5.58 Å². The lowest BCUT2D eigenvalue weighted by molar-refractivity contribution is 0.0752. The molecule has 1 aromatic carbocycles. The Morgan fingerprint density at radius 1 is 1.38 bits per heavy atom. The van der Waals surface area contributed by atoms with E-state index in [1.165, 1.54) is 0 Å². The molecule has 1 aliphatic heterocycles. The third-order valence-electron chi connectivity index (χ3n) is 4.75. The van der Waals surface area contributed by atoms with Gasteiger partial charge < -0.3 is 14.4 Å². The van der Waals surface area contributed by atoms with Crippen LogP contribution in [0.25, 0.3) is 11.0 Å². The first-order chi connectivity index (χ1) is 11.7. The van der Waals surface area contributed by atoms with Crippen LogP contribution in [0.15, 0.2) is 47.1 Å². The van der Waals surface area contributed by atoms with Crippen LogP contribution in [0.3, 0.4) is 0 Å². The van der Waals surface area contributed by atoms with Gasteiger partial charge in [0.05, 0.1) is 6.20 Å². The Bertz CT molecular complexity index is 849. The van der Waals surface area contributed by atoms with Crippen molar-refractivity contribution in [1.82, 2.24) is 14.7 Å². The predicted octanol–water partition coefficient (Wildman–Crippen LogP) is 2.01. The van der Waals surface area contributed by atoms with Gasteiger partial charge >= 0.3 is 0 Å². The summed E-state index contributed by atoms with van der Waals surface area (Å²) in [5, 5.41) is 14.8. The second kappa shape index (κ2) is 5.79. The van der Waals surface area contributed by atoms with Crippen LogP contribution in [0.2, 0.25) is 0 Å². The van der Waals surface area contributed by atoms with Crippen LogP contribution >= 0.6 is 0 Å². The number of carbonyl (C=O) groups is 1. The van der Waals surface area contributed by atoms with Crippen LogP contribution in [0, 0.1) is 5.92 Å². The molecule has 2 atom stereocenters. The van der Waals surface area contributed by atoms with E-state index >= 15 is 0 Å². The number of hydrogen-bond donors (Lipinski definition) is 1. The van der Waals surface area contributed by atoms with Crippen molar-refractivity contribution in [1.29, 1.82) is 0 Å². The highest BCUT2D eigenvalue weighted by Crippen LogP contribution is 2.33. The van der Waals surface area contributed by atoms with Crippen molar-refractivity contribution in [3.05, 3.63) is 54.0 Å². The highest BCUT2D eigenvalue weighted by atomic mass is 16.3. The first kappa shape index (κ1) is 15.0. The van der Waals surface area contributed by atoms with Gasteiger partial charge in [-0.15, -0.1) is 0 Å². The molecule has 1 amide bonds. The first-order valence-electron chi connectivity index (χ1n) is 8.03. The third-order valence-corrected chi connectivity index (χ3v) is 4.75. The van der Waals surface area contributed by atoms with Crippen molar-refractivity contribution in [2.45, 2.75) is 5.92 Å². The second-order valence-corrected chi connectivity index (χ2v) is 6.36. The number of furan rings is 1. The maximum Gasteiger partial charge on any atom is 0.289 e. The Morgan fingerprint density at radius 3 is 2.92 bits per heavy atom. The number of aryl methyl sites for hydroxylation is 1. The maximum absolute atomic E-state index is 12.8. The van der Waals surface area contributed by atoms with Gasteiger partial charge in [0.25, 0.3) is 5.91 Å². The molecule has 1 fully saturated rings. The Labute approximate surface area is 139 Å². The Morgan fingerprint density at radius 2 is 2.21 bits per heavy atom. The van der Waals surface area contributed by atoms with Gasteiger partial charge in [0.2, 0.25) is 0 Å². The molecule has 2 aromatic heterocycles. The molecule has 0 saturated carbocycles. The lowest BCUT2D eigenvalue weighted by Gasteiger charge is -2.14. The number of likely N-dealkylation sites (tertiary alicyclic amines) is 1. The summed E-state index contributed by atoms with van der Waals surface area (Å²) in [6.07, 6.45) is 3.75. The minimum absolute atomic E-state index is 0.0162. The highest BCUT2D eigenvalue weighted by molar-refractivity contribution is 5.96. The molecule has 6 heteroatoms. The van der Waals surface area contributed by atoms with Crippen molar-refractivity contribution < 1.29 is 14.3 Å². The van der Waals surface area contributed by atoms with Gasteiger partial charge in [-0.25, -0.2) is 0 Å². The van der Waals surface area contributed by atoms with Gasteiger partial charge in [0.15, 0.2) is 5.76 Å². The number of aliphatic hydroxyl groups excluding tert-OH is 1. The van der Waals surface area contributed by atoms with E-state index in [4.69, 9.17) is 4.42 Å². The molecular weight excluding hydrogens is 306 g/mol. The summed E-state index contributed by atoms with van der Waals surface area (Å²) in [6, 6.07) is 9.36. The summed E-state index contributed by atoms with van der Waals surface area (Å²) >= 11 is 0. The molecule has 6 nitrogen and oxygen atoms in total. The molecule has 124 valence electrons. The average Bonchev–Trinajstić information content (AvgIpc) is 3.30. The van der Waals surface area contributed by atoms with Gasteiger partial charge in [-0.1, -0.05) is 18.2 Å². The van der Waals surface area contributed by atoms with Crippen LogP contribution in [0.4, 0.5) is 0 Å². The fraction of sp³-hybridized carbons (Fsp3) is 0.333. The molecule has 0 aliphatic carbocycles. The summed E-state index contributed by atoms with van der Waals surface area (Å²) in [6.45, 7) is 1.13. The van der Waals surface area contributed by atoms with Crippen LogP contribution in [-0.4, -0.2) is 45.4 Å². The fourth-order valence-corrected chi connectivity index (χ4v) is 3.47. The number of aliphatic hydroxyl groups is 1. The summed E-state index contributed by atoms with van der Waals surface area (Å²) in [5.74, 6) is 0.329. The Kier molecular flexibility index (Phi) is 3.61. The van der Waals surface area contributed by atoms with E-state index in [1.807, 2.05) is 43.7 Å². The average molecular weight is 325 g/mol. The molecule has 0 spiro atoms. The van der Waals surface area contributed by atoms with Gasteiger partial charge in [-0.2, -0.15) is 5.10 Å². The lowest BCUT2D eigenvalue weighted by atomic mass is 9.92. The minimum atomic E-state index is -0.129. The number of aromatic nitrogens is 2. The van der Waals surface area contributed by atoms with E-state index in [9.17, 15) is 9.90 Å². The number of fused-ring (bicyclic) bond motifs is 1. The summed E-state index contributed by atoms with van der Waals surface area (Å²) < 4.78 is 7.43. The van der Waals surface area contributed by atoms with Gasteiger partial charge in [-0.05, 0) is 17.7 Å². The molecule has 1 aliphatic rings. The minimum Gasteiger partial charge on any atom is -0.451 e. The molecule has 1 N–H and O–H groups in total. The Hall–Kier alpha value is -2.60. The van der Waals surface area contributed by atoms with E-state index in [1.54, 1.807) is 15.6 Å². The van der Waals surface area contributed by atoms with Crippen molar-refractivity contribution in [3.63, 3.8) is 0 Å². The molecular formula is C18H19N3O3. The van der Waals surface area contributed by atoms with Crippen molar-refractivity contribution in [2.75, 3.05) is 19.7 Å². The summed E-state index contributed by atoms with van der Waals surface area (Å²) in [5.41, 5.74) is 1.76. The molecule has 0 bridgehead atoms. The summed E-state index contributed by atoms with van der Waals surface area (Å²) in [4.78, 5) is 14.6. The monoisotopic (exact) mass is 325 g/mol. The molecule has 0 unspecified atom stereocenters. The second-order valence-electron chi connectivity index (χ2n) is 6.36. The first-order valence-corrected chi connectivity index (χ1v) is 8.03. The van der Waals surface area contributed by atoms with Crippen molar-refractivity contribution >= 4 is 16.9 Å². The highest BCUT2D eigenvalue weighted by Gasteiger charge is 2.37. The predicted molar refractivity (Wildman–Crippen MR) is 88.6 cm³/mol. The molecule has 3 aromatic rings. The van der Waals surface area contributed by atoms with E-state index in [0.717, 1.165) is 10.9 Å². The number of rotatable bonds is 3. The van der Waals surface area contributed by atoms with E-state index in [-0.39, 0.29) is 24.3 Å². The number of nitrogens with zero attached hydrogens (tertiary/aromatic N) is 3. The SMILES string of the molecule is Cn1cc([C@@H]2CN(C(=O)c3cc4ccccc4o3)C[C@H]2CO)cn1. The largest absolute Gasteiger partial charge is 0.451 e. The lowest BCUT2D eigenvalue weighted by Crippen LogP contribution is -2.28. The standard InChI is InChI=1S/C18H19N3O3/c1-20-8-13(7-19-20)15-10-21(9-14(15)11-22)18(23)17-6-12-4-2-3-5-16(12)24-17/h2-8,14-15,22H,9-11H2,1H3/t14-,15-/m0/s1. The number of para-hydroxylation sites is 1. The zero-order valence-corrected chi connectivity index (χ0v) is 13.4. The smallest absolute Gasteiger partial charge is 0.289 e. The van der Waals surface area contributed by atoms with E-state index < -0.39 is 0 Å². The number of hydrogen-bond acceptors (Lipinski definition) is 4. The van der Waals surface area contributed by atoms with Crippen LogP contribution < -0.4 is 0 Å². The van der Waals surface area contributed by atoms with Crippen molar-refractivity contribution in [3.8, 4) is 0 Å².